The molecule has 0 saturated heterocycles. The molecule has 0 saturated carbocycles. The second-order valence-corrected chi connectivity index (χ2v) is 3.29. The van der Waals surface area contributed by atoms with Crippen LogP contribution >= 0.6 is 0 Å². The van der Waals surface area contributed by atoms with Gasteiger partial charge in [-0.2, -0.15) is 10.1 Å². The van der Waals surface area contributed by atoms with Crippen molar-refractivity contribution < 1.29 is 9.26 Å². The van der Waals surface area contributed by atoms with Gasteiger partial charge in [0.25, 0.3) is 5.89 Å². The lowest BCUT2D eigenvalue weighted by Crippen LogP contribution is -2.14. The molecule has 2 heterocycles. The van der Waals surface area contributed by atoms with Crippen LogP contribution in [0.5, 0.6) is 0 Å². The molecule has 7 heteroatoms. The first-order valence-electron chi connectivity index (χ1n) is 4.81. The van der Waals surface area contributed by atoms with Crippen LogP contribution in [0.15, 0.2) is 16.8 Å². The molecule has 2 aromatic rings. The molecule has 2 N–H and O–H groups in total. The molecule has 16 heavy (non-hydrogen) atoms. The van der Waals surface area contributed by atoms with Crippen molar-refractivity contribution >= 4 is 0 Å². The van der Waals surface area contributed by atoms with Crippen molar-refractivity contribution in [3.8, 4) is 11.5 Å². The average Bonchev–Trinajstić information content (AvgIpc) is 2.89. The molecule has 0 aliphatic carbocycles. The number of rotatable bonds is 4. The van der Waals surface area contributed by atoms with Gasteiger partial charge in [0.15, 0.2) is 0 Å². The Kier molecular flexibility index (Phi) is 2.97. The van der Waals surface area contributed by atoms with Crippen LogP contribution in [-0.4, -0.2) is 33.6 Å². The molecule has 2 aromatic heterocycles. The Morgan fingerprint density at radius 2 is 2.44 bits per heavy atom. The van der Waals surface area contributed by atoms with Gasteiger partial charge in [-0.15, -0.1) is 0 Å². The van der Waals surface area contributed by atoms with E-state index < -0.39 is 0 Å². The van der Waals surface area contributed by atoms with E-state index in [1.807, 2.05) is 13.2 Å². The van der Waals surface area contributed by atoms with Crippen LogP contribution in [0.1, 0.15) is 12.0 Å². The summed E-state index contributed by atoms with van der Waals surface area (Å²) in [5.74, 6) is 0.803. The summed E-state index contributed by atoms with van der Waals surface area (Å²) in [6.45, 7) is 0.292. The Morgan fingerprint density at radius 1 is 1.62 bits per heavy atom. The third-order valence-corrected chi connectivity index (χ3v) is 2.16. The third-order valence-electron chi connectivity index (χ3n) is 2.16. The predicted octanol–water partition coefficient (Wildman–Crippen LogP) is 0.116. The number of nitrogens with two attached hydrogens (primary N) is 1. The number of hydrogen-bond acceptors (Lipinski definition) is 6. The first-order chi connectivity index (χ1) is 7.74. The highest BCUT2D eigenvalue weighted by atomic mass is 16.5. The lowest BCUT2D eigenvalue weighted by atomic mass is 10.3. The van der Waals surface area contributed by atoms with Crippen LogP contribution in [0, 0.1) is 0 Å². The molecule has 0 amide bonds. The number of aryl methyl sites for hydroxylation is 1. The van der Waals surface area contributed by atoms with Crippen molar-refractivity contribution in [3.63, 3.8) is 0 Å². The van der Waals surface area contributed by atoms with Gasteiger partial charge in [0.05, 0.1) is 0 Å². The van der Waals surface area contributed by atoms with Gasteiger partial charge in [0.1, 0.15) is 11.8 Å². The summed E-state index contributed by atoms with van der Waals surface area (Å²) >= 11 is 0. The summed E-state index contributed by atoms with van der Waals surface area (Å²) in [6.07, 6.45) is 1.44. The van der Waals surface area contributed by atoms with E-state index in [-0.39, 0.29) is 6.10 Å². The van der Waals surface area contributed by atoms with Crippen LogP contribution in [0.3, 0.4) is 0 Å². The summed E-state index contributed by atoms with van der Waals surface area (Å²) in [5, 5.41) is 7.98. The minimum Gasteiger partial charge on any atom is -0.370 e. The van der Waals surface area contributed by atoms with Crippen LogP contribution < -0.4 is 5.73 Å². The largest absolute Gasteiger partial charge is 0.370 e. The smallest absolute Gasteiger partial charge is 0.257 e. The van der Waals surface area contributed by atoms with Gasteiger partial charge in [-0.25, -0.2) is 0 Å². The van der Waals surface area contributed by atoms with E-state index in [9.17, 15) is 0 Å². The van der Waals surface area contributed by atoms with Crippen LogP contribution in [-0.2, 0) is 11.8 Å². The zero-order chi connectivity index (χ0) is 11.5. The maximum atomic E-state index is 5.49. The molecule has 86 valence electrons. The summed E-state index contributed by atoms with van der Waals surface area (Å²) in [6, 6.07) is 1.80. The van der Waals surface area contributed by atoms with Crippen molar-refractivity contribution in [3.05, 3.63) is 18.2 Å². The van der Waals surface area contributed by atoms with Crippen molar-refractivity contribution in [1.29, 1.82) is 0 Å². The fraction of sp³-hybridized carbons (Fsp3) is 0.444. The minimum atomic E-state index is -0.370. The van der Waals surface area contributed by atoms with Crippen molar-refractivity contribution in [2.24, 2.45) is 12.8 Å². The van der Waals surface area contributed by atoms with Gasteiger partial charge in [0.2, 0.25) is 5.82 Å². The number of nitrogens with zero attached hydrogens (tertiary/aromatic N) is 4. The maximum absolute atomic E-state index is 5.49. The SMILES string of the molecule is COC(CN)c1nc(-c2ccn(C)n2)no1. The Morgan fingerprint density at radius 3 is 3.00 bits per heavy atom. The zero-order valence-corrected chi connectivity index (χ0v) is 9.12. The summed E-state index contributed by atoms with van der Waals surface area (Å²) < 4.78 is 11.8. The molecule has 1 unspecified atom stereocenters. The molecular formula is C9H13N5O2. The molecule has 0 radical (unpaired) electrons. The van der Waals surface area contributed by atoms with E-state index in [1.165, 1.54) is 0 Å². The van der Waals surface area contributed by atoms with Gasteiger partial charge in [-0.1, -0.05) is 5.16 Å². The van der Waals surface area contributed by atoms with Gasteiger partial charge in [-0.05, 0) is 6.07 Å². The van der Waals surface area contributed by atoms with Gasteiger partial charge in [0, 0.05) is 26.9 Å². The first kappa shape index (κ1) is 10.8. The highest BCUT2D eigenvalue weighted by Crippen LogP contribution is 2.17. The van der Waals surface area contributed by atoms with Gasteiger partial charge in [-0.3, -0.25) is 4.68 Å². The number of ether oxygens (including phenoxy) is 1. The quantitative estimate of drug-likeness (QED) is 0.791. The summed E-state index contributed by atoms with van der Waals surface area (Å²) in [7, 11) is 3.37. The minimum absolute atomic E-state index is 0.292. The normalized spacial score (nSPS) is 12.9. The van der Waals surface area contributed by atoms with Crippen LogP contribution in [0.4, 0.5) is 0 Å². The molecule has 0 spiro atoms. The van der Waals surface area contributed by atoms with Crippen molar-refractivity contribution in [1.82, 2.24) is 19.9 Å². The summed E-state index contributed by atoms with van der Waals surface area (Å²) in [5.41, 5.74) is 6.15. The lowest BCUT2D eigenvalue weighted by Gasteiger charge is -2.05. The number of methoxy groups -OCH3 is 1. The standard InChI is InChI=1S/C9H13N5O2/c1-14-4-3-6(12-14)8-11-9(16-13-8)7(5-10)15-2/h3-4,7H,5,10H2,1-2H3. The predicted molar refractivity (Wildman–Crippen MR) is 55.3 cm³/mol. The Bertz CT molecular complexity index is 460. The average molecular weight is 223 g/mol. The molecule has 0 bridgehead atoms. The maximum Gasteiger partial charge on any atom is 0.257 e. The second kappa shape index (κ2) is 4.42. The zero-order valence-electron chi connectivity index (χ0n) is 9.12. The van der Waals surface area contributed by atoms with E-state index in [0.29, 0.717) is 24.0 Å². The molecule has 1 atom stereocenters. The number of hydrogen-bond donors (Lipinski definition) is 1. The summed E-state index contributed by atoms with van der Waals surface area (Å²) in [4.78, 5) is 4.18. The molecule has 0 aliphatic heterocycles. The van der Waals surface area contributed by atoms with Gasteiger partial charge < -0.3 is 15.0 Å². The van der Waals surface area contributed by atoms with Crippen molar-refractivity contribution in [2.75, 3.05) is 13.7 Å². The fourth-order valence-corrected chi connectivity index (χ4v) is 1.30. The molecule has 7 nitrogen and oxygen atoms in total. The third kappa shape index (κ3) is 1.95. The second-order valence-electron chi connectivity index (χ2n) is 3.29. The molecular weight excluding hydrogens is 210 g/mol. The molecule has 0 aliphatic rings. The van der Waals surface area contributed by atoms with E-state index in [0.717, 1.165) is 0 Å². The fourth-order valence-electron chi connectivity index (χ4n) is 1.30. The van der Waals surface area contributed by atoms with Gasteiger partial charge >= 0.3 is 0 Å². The Labute approximate surface area is 92.2 Å². The lowest BCUT2D eigenvalue weighted by molar-refractivity contribution is 0.0804. The molecule has 0 fully saturated rings. The molecule has 0 aromatic carbocycles. The first-order valence-corrected chi connectivity index (χ1v) is 4.81. The van der Waals surface area contributed by atoms with E-state index in [2.05, 4.69) is 15.2 Å². The topological polar surface area (TPSA) is 92.0 Å². The highest BCUT2D eigenvalue weighted by Gasteiger charge is 2.18. The Hall–Kier alpha value is -1.73. The van der Waals surface area contributed by atoms with Crippen molar-refractivity contribution in [2.45, 2.75) is 6.10 Å². The van der Waals surface area contributed by atoms with E-state index in [4.69, 9.17) is 15.0 Å². The highest BCUT2D eigenvalue weighted by molar-refractivity contribution is 5.46. The van der Waals surface area contributed by atoms with Crippen LogP contribution in [0.2, 0.25) is 0 Å². The van der Waals surface area contributed by atoms with E-state index >= 15 is 0 Å². The van der Waals surface area contributed by atoms with Crippen LogP contribution in [0.25, 0.3) is 11.5 Å². The van der Waals surface area contributed by atoms with E-state index in [1.54, 1.807) is 17.9 Å². The number of aromatic nitrogens is 4. The Balaban J connectivity index is 2.25. The monoisotopic (exact) mass is 223 g/mol. The molecule has 2 rings (SSSR count).